The van der Waals surface area contributed by atoms with Crippen LogP contribution in [0, 0.1) is 6.92 Å². The molecule has 35 heavy (non-hydrogen) atoms. The standard InChI is InChI=1S/C25H26N4O4S2/c1-5-21(23(30)27-18-10-12-19(13-11-18)35(32,33)28(3)4)29-15-26-24-22(25(29)31)20(14-34-24)17-8-6-16(2)7-9-17/h6-15,21H,5H2,1-4H3,(H,27,30). The zero-order chi connectivity index (χ0) is 25.3. The lowest BCUT2D eigenvalue weighted by Crippen LogP contribution is -2.33. The van der Waals surface area contributed by atoms with Gasteiger partial charge in [0.2, 0.25) is 15.9 Å². The number of aryl methyl sites for hydroxylation is 1. The minimum atomic E-state index is -3.57. The maximum absolute atomic E-state index is 13.5. The molecule has 0 saturated heterocycles. The van der Waals surface area contributed by atoms with Crippen LogP contribution in [0.2, 0.25) is 0 Å². The molecule has 0 saturated carbocycles. The molecule has 8 nitrogen and oxygen atoms in total. The number of amides is 1. The number of fused-ring (bicyclic) bond motifs is 1. The van der Waals surface area contributed by atoms with E-state index in [0.717, 1.165) is 21.0 Å². The van der Waals surface area contributed by atoms with E-state index in [0.29, 0.717) is 22.3 Å². The Hall–Kier alpha value is -3.34. The third kappa shape index (κ3) is 4.77. The minimum Gasteiger partial charge on any atom is -0.324 e. The number of benzene rings is 2. The van der Waals surface area contributed by atoms with Gasteiger partial charge in [0.1, 0.15) is 10.9 Å². The molecule has 0 aliphatic heterocycles. The average Bonchev–Trinajstić information content (AvgIpc) is 3.27. The molecule has 1 atom stereocenters. The molecule has 0 radical (unpaired) electrons. The first kappa shape index (κ1) is 24.8. The molecule has 1 unspecified atom stereocenters. The summed E-state index contributed by atoms with van der Waals surface area (Å²) in [4.78, 5) is 31.8. The Kier molecular flexibility index (Phi) is 6.88. The lowest BCUT2D eigenvalue weighted by atomic mass is 10.0. The summed E-state index contributed by atoms with van der Waals surface area (Å²) >= 11 is 1.39. The average molecular weight is 511 g/mol. The molecule has 1 amide bonds. The normalized spacial score (nSPS) is 12.7. The van der Waals surface area contributed by atoms with Gasteiger partial charge in [0, 0.05) is 30.7 Å². The van der Waals surface area contributed by atoms with Gasteiger partial charge in [-0.3, -0.25) is 14.2 Å². The molecule has 2 aromatic heterocycles. The van der Waals surface area contributed by atoms with Crippen molar-refractivity contribution >= 4 is 43.2 Å². The zero-order valence-corrected chi connectivity index (χ0v) is 21.5. The summed E-state index contributed by atoms with van der Waals surface area (Å²) in [6.07, 6.45) is 1.79. The van der Waals surface area contributed by atoms with E-state index in [1.165, 1.54) is 60.6 Å². The van der Waals surface area contributed by atoms with E-state index in [2.05, 4.69) is 10.3 Å². The summed E-state index contributed by atoms with van der Waals surface area (Å²) in [6.45, 7) is 3.82. The van der Waals surface area contributed by atoms with Gasteiger partial charge in [-0.05, 0) is 43.2 Å². The van der Waals surface area contributed by atoms with E-state index in [9.17, 15) is 18.0 Å². The molecule has 1 N–H and O–H groups in total. The van der Waals surface area contributed by atoms with E-state index < -0.39 is 16.1 Å². The van der Waals surface area contributed by atoms with Crippen molar-refractivity contribution in [3.05, 3.63) is 76.2 Å². The molecule has 2 heterocycles. The molecular weight excluding hydrogens is 484 g/mol. The maximum Gasteiger partial charge on any atom is 0.263 e. The monoisotopic (exact) mass is 510 g/mol. The van der Waals surface area contributed by atoms with Crippen LogP contribution in [0.15, 0.2) is 69.9 Å². The fourth-order valence-corrected chi connectivity index (χ4v) is 5.58. The van der Waals surface area contributed by atoms with E-state index >= 15 is 0 Å². The number of nitrogens with zero attached hydrogens (tertiary/aromatic N) is 3. The number of hydrogen-bond donors (Lipinski definition) is 1. The van der Waals surface area contributed by atoms with Crippen molar-refractivity contribution in [1.29, 1.82) is 0 Å². The third-order valence-electron chi connectivity index (χ3n) is 5.81. The fourth-order valence-electron chi connectivity index (χ4n) is 3.77. The van der Waals surface area contributed by atoms with Crippen LogP contribution in [0.1, 0.15) is 24.9 Å². The molecule has 10 heteroatoms. The van der Waals surface area contributed by atoms with Crippen molar-refractivity contribution in [1.82, 2.24) is 13.9 Å². The second-order valence-corrected chi connectivity index (χ2v) is 11.4. The Balaban J connectivity index is 1.65. The number of hydrogen-bond acceptors (Lipinski definition) is 6. The third-order valence-corrected chi connectivity index (χ3v) is 8.52. The number of anilines is 1. The van der Waals surface area contributed by atoms with Gasteiger partial charge < -0.3 is 5.32 Å². The minimum absolute atomic E-state index is 0.125. The second-order valence-electron chi connectivity index (χ2n) is 8.38. The molecule has 4 rings (SSSR count). The summed E-state index contributed by atoms with van der Waals surface area (Å²) in [6, 6.07) is 13.1. The SMILES string of the molecule is CCC(C(=O)Nc1ccc(S(=O)(=O)N(C)C)cc1)n1cnc2scc(-c3ccc(C)cc3)c2c1=O. The Bertz CT molecular complexity index is 1540. The van der Waals surface area contributed by atoms with Crippen LogP contribution in [0.5, 0.6) is 0 Å². The van der Waals surface area contributed by atoms with Crippen LogP contribution in [0.3, 0.4) is 0 Å². The molecule has 2 aromatic carbocycles. The molecule has 0 spiro atoms. The second kappa shape index (κ2) is 9.73. The smallest absolute Gasteiger partial charge is 0.263 e. The topological polar surface area (TPSA) is 101 Å². The van der Waals surface area contributed by atoms with Crippen molar-refractivity contribution < 1.29 is 13.2 Å². The highest BCUT2D eigenvalue weighted by Gasteiger charge is 2.23. The number of rotatable bonds is 7. The number of sulfonamides is 1. The van der Waals surface area contributed by atoms with Gasteiger partial charge in [0.05, 0.1) is 16.6 Å². The number of carbonyl (C=O) groups excluding carboxylic acids is 1. The number of thiophene rings is 1. The van der Waals surface area contributed by atoms with Gasteiger partial charge in [-0.25, -0.2) is 17.7 Å². The summed E-state index contributed by atoms with van der Waals surface area (Å²) in [5, 5.41) is 5.20. The lowest BCUT2D eigenvalue weighted by Gasteiger charge is -2.18. The van der Waals surface area contributed by atoms with Crippen LogP contribution in [-0.4, -0.2) is 42.3 Å². The predicted octanol–water partition coefficient (Wildman–Crippen LogP) is 4.27. The summed E-state index contributed by atoms with van der Waals surface area (Å²) in [5.41, 5.74) is 3.00. The Labute approximate surface area is 207 Å². The van der Waals surface area contributed by atoms with Gasteiger partial charge in [-0.15, -0.1) is 11.3 Å². The van der Waals surface area contributed by atoms with Crippen molar-refractivity contribution in [2.75, 3.05) is 19.4 Å². The van der Waals surface area contributed by atoms with Crippen LogP contribution in [0.4, 0.5) is 5.69 Å². The van der Waals surface area contributed by atoms with Gasteiger partial charge in [0.15, 0.2) is 0 Å². The van der Waals surface area contributed by atoms with Crippen molar-refractivity contribution in [3.63, 3.8) is 0 Å². The predicted molar refractivity (Wildman–Crippen MR) is 139 cm³/mol. The van der Waals surface area contributed by atoms with Crippen molar-refractivity contribution in [2.24, 2.45) is 0 Å². The van der Waals surface area contributed by atoms with Crippen molar-refractivity contribution in [3.8, 4) is 11.1 Å². The van der Waals surface area contributed by atoms with E-state index in [4.69, 9.17) is 0 Å². The van der Waals surface area contributed by atoms with Gasteiger partial charge in [-0.1, -0.05) is 36.8 Å². The summed E-state index contributed by atoms with van der Waals surface area (Å²) < 4.78 is 27.0. The van der Waals surface area contributed by atoms with Crippen LogP contribution in [-0.2, 0) is 14.8 Å². The number of aromatic nitrogens is 2. The van der Waals surface area contributed by atoms with Gasteiger partial charge >= 0.3 is 0 Å². The molecule has 0 aliphatic rings. The maximum atomic E-state index is 13.5. The van der Waals surface area contributed by atoms with E-state index in [1.807, 2.05) is 43.5 Å². The Morgan fingerprint density at radius 1 is 1.11 bits per heavy atom. The molecule has 0 aliphatic carbocycles. The first-order chi connectivity index (χ1) is 16.6. The Morgan fingerprint density at radius 2 is 1.77 bits per heavy atom. The quantitative estimate of drug-likeness (QED) is 0.400. The summed E-state index contributed by atoms with van der Waals surface area (Å²) in [5.74, 6) is -0.383. The van der Waals surface area contributed by atoms with Crippen molar-refractivity contribution in [2.45, 2.75) is 31.2 Å². The van der Waals surface area contributed by atoms with Gasteiger partial charge in [-0.2, -0.15) is 0 Å². The molecular formula is C25H26N4O4S2. The first-order valence-electron chi connectivity index (χ1n) is 11.0. The van der Waals surface area contributed by atoms with Gasteiger partial charge in [0.25, 0.3) is 5.56 Å². The van der Waals surface area contributed by atoms with Crippen LogP contribution in [0.25, 0.3) is 21.3 Å². The number of carbonyl (C=O) groups is 1. The van der Waals surface area contributed by atoms with Crippen LogP contribution < -0.4 is 10.9 Å². The van der Waals surface area contributed by atoms with Crippen LogP contribution >= 0.6 is 11.3 Å². The highest BCUT2D eigenvalue weighted by atomic mass is 32.2. The largest absolute Gasteiger partial charge is 0.324 e. The highest BCUT2D eigenvalue weighted by molar-refractivity contribution is 7.89. The van der Waals surface area contributed by atoms with E-state index in [-0.39, 0.29) is 16.4 Å². The molecule has 182 valence electrons. The summed E-state index contributed by atoms with van der Waals surface area (Å²) in [7, 11) is -0.657. The van der Waals surface area contributed by atoms with E-state index in [1.54, 1.807) is 0 Å². The molecule has 0 fully saturated rings. The highest BCUT2D eigenvalue weighted by Crippen LogP contribution is 2.31. The molecule has 4 aromatic rings. The number of nitrogens with one attached hydrogen (secondary N) is 1. The lowest BCUT2D eigenvalue weighted by molar-refractivity contribution is -0.119. The zero-order valence-electron chi connectivity index (χ0n) is 19.8. The first-order valence-corrected chi connectivity index (χ1v) is 13.3. The fraction of sp³-hybridized carbons (Fsp3) is 0.240. The molecule has 0 bridgehead atoms. The Morgan fingerprint density at radius 3 is 2.37 bits per heavy atom.